The molecule has 2 aromatic rings. The van der Waals surface area contributed by atoms with Gasteiger partial charge in [0.25, 0.3) is 16.8 Å². The Morgan fingerprint density at radius 1 is 1.20 bits per heavy atom. The number of carbonyl (C=O) groups is 3. The maximum Gasteiger partial charge on any atom is 0.293 e. The molecule has 1 N–H and O–H groups in total. The molecule has 0 bridgehead atoms. The zero-order valence-corrected chi connectivity index (χ0v) is 17.2. The molecule has 1 heterocycles. The van der Waals surface area contributed by atoms with E-state index in [1.54, 1.807) is 6.07 Å². The standard InChI is InChI=1S/C21H19N3O5S/c1-13-6-7-17(14(2)10-13)22-19(25)8-9-23-20(26)18(30-21(23)27)12-15-4-3-5-16(11-15)24(28)29/h3-7,10-12H,8-9H2,1-2H3,(H,22,25). The lowest BCUT2D eigenvalue weighted by molar-refractivity contribution is -0.384. The van der Waals surface area contributed by atoms with Crippen LogP contribution in [0, 0.1) is 24.0 Å². The fraction of sp³-hybridized carbons (Fsp3) is 0.190. The number of benzene rings is 2. The number of non-ortho nitro benzene ring substituents is 1. The van der Waals surface area contributed by atoms with E-state index in [0.717, 1.165) is 27.8 Å². The summed E-state index contributed by atoms with van der Waals surface area (Å²) in [6.45, 7) is 3.80. The van der Waals surface area contributed by atoms with E-state index in [0.29, 0.717) is 11.3 Å². The summed E-state index contributed by atoms with van der Waals surface area (Å²) in [4.78, 5) is 48.5. The van der Waals surface area contributed by atoms with Gasteiger partial charge in [-0.05, 0) is 48.9 Å². The second-order valence-corrected chi connectivity index (χ2v) is 7.80. The van der Waals surface area contributed by atoms with E-state index in [1.807, 2.05) is 32.0 Å². The lowest BCUT2D eigenvalue weighted by Crippen LogP contribution is -2.31. The Balaban J connectivity index is 1.64. The molecule has 3 amide bonds. The van der Waals surface area contributed by atoms with Gasteiger partial charge in [0.15, 0.2) is 0 Å². The third-order valence-electron chi connectivity index (χ3n) is 4.47. The fourth-order valence-corrected chi connectivity index (χ4v) is 3.82. The van der Waals surface area contributed by atoms with Gasteiger partial charge in [-0.3, -0.25) is 29.4 Å². The third kappa shape index (κ3) is 4.93. The van der Waals surface area contributed by atoms with E-state index in [4.69, 9.17) is 0 Å². The van der Waals surface area contributed by atoms with Crippen molar-refractivity contribution in [1.82, 2.24) is 4.90 Å². The molecule has 0 atom stereocenters. The molecule has 2 aromatic carbocycles. The number of anilines is 1. The minimum absolute atomic E-state index is 0.0323. The van der Waals surface area contributed by atoms with Crippen LogP contribution in [0.3, 0.4) is 0 Å². The van der Waals surface area contributed by atoms with E-state index in [1.165, 1.54) is 24.3 Å². The van der Waals surface area contributed by atoms with Gasteiger partial charge < -0.3 is 5.32 Å². The first-order valence-electron chi connectivity index (χ1n) is 9.11. The van der Waals surface area contributed by atoms with Gasteiger partial charge in [-0.25, -0.2) is 0 Å². The van der Waals surface area contributed by atoms with Crippen molar-refractivity contribution in [2.45, 2.75) is 20.3 Å². The molecule has 30 heavy (non-hydrogen) atoms. The van der Waals surface area contributed by atoms with Crippen molar-refractivity contribution in [1.29, 1.82) is 0 Å². The number of imide groups is 1. The summed E-state index contributed by atoms with van der Waals surface area (Å²) in [6.07, 6.45) is 1.41. The second kappa shape index (κ2) is 8.91. The molecular formula is C21H19N3O5S. The molecule has 1 fully saturated rings. The molecule has 0 spiro atoms. The topological polar surface area (TPSA) is 110 Å². The predicted octanol–water partition coefficient (Wildman–Crippen LogP) is 4.28. The molecule has 154 valence electrons. The highest BCUT2D eigenvalue weighted by Crippen LogP contribution is 2.32. The number of nitro groups is 1. The van der Waals surface area contributed by atoms with Crippen molar-refractivity contribution in [3.05, 3.63) is 74.2 Å². The van der Waals surface area contributed by atoms with E-state index in [2.05, 4.69) is 5.32 Å². The van der Waals surface area contributed by atoms with Gasteiger partial charge in [0, 0.05) is 30.8 Å². The average Bonchev–Trinajstić information content (AvgIpc) is 2.95. The van der Waals surface area contributed by atoms with E-state index < -0.39 is 16.1 Å². The van der Waals surface area contributed by atoms with Crippen LogP contribution in [0.25, 0.3) is 6.08 Å². The van der Waals surface area contributed by atoms with Crippen LogP contribution in [-0.2, 0) is 9.59 Å². The Morgan fingerprint density at radius 3 is 2.67 bits per heavy atom. The number of nitrogens with one attached hydrogen (secondary N) is 1. The first kappa shape index (κ1) is 21.3. The predicted molar refractivity (Wildman–Crippen MR) is 115 cm³/mol. The average molecular weight is 425 g/mol. The van der Waals surface area contributed by atoms with Gasteiger partial charge in [0.2, 0.25) is 5.91 Å². The van der Waals surface area contributed by atoms with Crippen molar-refractivity contribution in [2.24, 2.45) is 0 Å². The van der Waals surface area contributed by atoms with Crippen LogP contribution in [0.1, 0.15) is 23.1 Å². The summed E-state index contributed by atoms with van der Waals surface area (Å²) in [5, 5.41) is 13.2. The Morgan fingerprint density at radius 2 is 1.97 bits per heavy atom. The summed E-state index contributed by atoms with van der Waals surface area (Å²) in [5.74, 6) is -0.820. The second-order valence-electron chi connectivity index (χ2n) is 6.80. The molecule has 3 rings (SSSR count). The molecule has 1 aliphatic heterocycles. The van der Waals surface area contributed by atoms with E-state index in [-0.39, 0.29) is 29.5 Å². The summed E-state index contributed by atoms with van der Waals surface area (Å²) >= 11 is 0.748. The minimum atomic E-state index is -0.530. The molecule has 1 aliphatic rings. The molecule has 1 saturated heterocycles. The zero-order valence-electron chi connectivity index (χ0n) is 16.4. The molecule has 0 unspecified atom stereocenters. The SMILES string of the molecule is Cc1ccc(NC(=O)CCN2C(=O)SC(=Cc3cccc([N+](=O)[O-])c3)C2=O)c(C)c1. The maximum absolute atomic E-state index is 12.6. The van der Waals surface area contributed by atoms with Crippen LogP contribution < -0.4 is 5.32 Å². The summed E-state index contributed by atoms with van der Waals surface area (Å²) in [7, 11) is 0. The van der Waals surface area contributed by atoms with E-state index in [9.17, 15) is 24.5 Å². The lowest BCUT2D eigenvalue weighted by Gasteiger charge is -2.13. The molecule has 9 heteroatoms. The van der Waals surface area contributed by atoms with Gasteiger partial charge in [0.05, 0.1) is 9.83 Å². The van der Waals surface area contributed by atoms with Crippen molar-refractivity contribution in [3.8, 4) is 0 Å². The van der Waals surface area contributed by atoms with Gasteiger partial charge >= 0.3 is 0 Å². The van der Waals surface area contributed by atoms with Crippen molar-refractivity contribution < 1.29 is 19.3 Å². The Labute approximate surface area is 177 Å². The number of hydrogen-bond donors (Lipinski definition) is 1. The normalized spacial score (nSPS) is 15.0. The molecule has 0 saturated carbocycles. The highest BCUT2D eigenvalue weighted by Gasteiger charge is 2.35. The Kier molecular flexibility index (Phi) is 6.31. The van der Waals surface area contributed by atoms with Crippen LogP contribution in [0.2, 0.25) is 0 Å². The summed E-state index contributed by atoms with van der Waals surface area (Å²) < 4.78 is 0. The van der Waals surface area contributed by atoms with Gasteiger partial charge in [-0.2, -0.15) is 0 Å². The first-order valence-corrected chi connectivity index (χ1v) is 9.93. The molecular weight excluding hydrogens is 406 g/mol. The summed E-state index contributed by atoms with van der Waals surface area (Å²) in [6, 6.07) is 11.4. The number of hydrogen-bond acceptors (Lipinski definition) is 6. The Bertz CT molecular complexity index is 1080. The maximum atomic E-state index is 12.6. The monoisotopic (exact) mass is 425 g/mol. The number of thioether (sulfide) groups is 1. The van der Waals surface area contributed by atoms with Gasteiger partial charge in [-0.1, -0.05) is 29.8 Å². The van der Waals surface area contributed by atoms with Crippen LogP contribution in [0.5, 0.6) is 0 Å². The molecule has 0 aliphatic carbocycles. The van der Waals surface area contributed by atoms with E-state index >= 15 is 0 Å². The van der Waals surface area contributed by atoms with Crippen molar-refractivity contribution >= 4 is 46.3 Å². The van der Waals surface area contributed by atoms with Crippen molar-refractivity contribution in [3.63, 3.8) is 0 Å². The van der Waals surface area contributed by atoms with Gasteiger partial charge in [-0.15, -0.1) is 0 Å². The molecule has 8 nitrogen and oxygen atoms in total. The van der Waals surface area contributed by atoms with Crippen molar-refractivity contribution in [2.75, 3.05) is 11.9 Å². The molecule has 0 aromatic heterocycles. The number of aryl methyl sites for hydroxylation is 2. The Hall–Kier alpha value is -3.46. The quantitative estimate of drug-likeness (QED) is 0.420. The summed E-state index contributed by atoms with van der Waals surface area (Å²) in [5.41, 5.74) is 3.03. The highest BCUT2D eigenvalue weighted by molar-refractivity contribution is 8.18. The van der Waals surface area contributed by atoms with Crippen LogP contribution in [-0.4, -0.2) is 33.4 Å². The van der Waals surface area contributed by atoms with Crippen LogP contribution in [0.4, 0.5) is 16.2 Å². The largest absolute Gasteiger partial charge is 0.326 e. The number of rotatable bonds is 6. The number of nitro benzene ring substituents is 1. The highest BCUT2D eigenvalue weighted by atomic mass is 32.2. The number of nitrogens with zero attached hydrogens (tertiary/aromatic N) is 2. The first-order chi connectivity index (χ1) is 14.2. The fourth-order valence-electron chi connectivity index (χ4n) is 2.95. The third-order valence-corrected chi connectivity index (χ3v) is 5.38. The number of carbonyl (C=O) groups excluding carboxylic acids is 3. The van der Waals surface area contributed by atoms with Gasteiger partial charge in [0.1, 0.15) is 0 Å². The smallest absolute Gasteiger partial charge is 0.293 e. The molecule has 0 radical (unpaired) electrons. The minimum Gasteiger partial charge on any atom is -0.326 e. The van der Waals surface area contributed by atoms with Crippen LogP contribution in [0.15, 0.2) is 47.4 Å². The van der Waals surface area contributed by atoms with Crippen LogP contribution >= 0.6 is 11.8 Å². The zero-order chi connectivity index (χ0) is 21.8. The lowest BCUT2D eigenvalue weighted by atomic mass is 10.1. The number of amides is 3.